The van der Waals surface area contributed by atoms with E-state index in [2.05, 4.69) is 20.4 Å². The molecular formula is C16H20N4O3. The van der Waals surface area contributed by atoms with Crippen molar-refractivity contribution in [2.45, 2.75) is 26.4 Å². The third-order valence-electron chi connectivity index (χ3n) is 3.73. The van der Waals surface area contributed by atoms with Crippen molar-refractivity contribution in [2.24, 2.45) is 0 Å². The van der Waals surface area contributed by atoms with E-state index in [0.29, 0.717) is 24.9 Å². The smallest absolute Gasteiger partial charge is 0.246 e. The van der Waals surface area contributed by atoms with Crippen LogP contribution in [0.15, 0.2) is 28.8 Å². The summed E-state index contributed by atoms with van der Waals surface area (Å²) in [7, 11) is 0. The van der Waals surface area contributed by atoms with Gasteiger partial charge in [0, 0.05) is 25.7 Å². The van der Waals surface area contributed by atoms with Crippen molar-refractivity contribution in [2.75, 3.05) is 25.1 Å². The molecule has 1 fully saturated rings. The topological polar surface area (TPSA) is 80.5 Å². The van der Waals surface area contributed by atoms with Gasteiger partial charge in [0.15, 0.2) is 5.82 Å². The summed E-state index contributed by atoms with van der Waals surface area (Å²) in [6.07, 6.45) is 0. The van der Waals surface area contributed by atoms with E-state index in [1.165, 1.54) is 6.92 Å². The van der Waals surface area contributed by atoms with E-state index in [4.69, 9.17) is 9.26 Å². The average molecular weight is 316 g/mol. The molecule has 1 saturated heterocycles. The number of ether oxygens (including phenoxy) is 1. The highest BCUT2D eigenvalue weighted by Gasteiger charge is 2.29. The summed E-state index contributed by atoms with van der Waals surface area (Å²) in [6.45, 7) is 6.11. The minimum absolute atomic E-state index is 0.0278. The molecule has 0 spiro atoms. The van der Waals surface area contributed by atoms with E-state index in [1.54, 1.807) is 0 Å². The lowest BCUT2D eigenvalue weighted by molar-refractivity contribution is -0.114. The van der Waals surface area contributed by atoms with Crippen molar-refractivity contribution in [3.8, 4) is 0 Å². The Bertz CT molecular complexity index is 668. The van der Waals surface area contributed by atoms with E-state index in [9.17, 15) is 4.79 Å². The summed E-state index contributed by atoms with van der Waals surface area (Å²) in [5.74, 6) is 1.15. The van der Waals surface area contributed by atoms with Gasteiger partial charge in [0.05, 0.1) is 13.2 Å². The number of anilines is 1. The fraction of sp³-hybridized carbons (Fsp3) is 0.438. The molecule has 23 heavy (non-hydrogen) atoms. The number of aryl methyl sites for hydroxylation is 1. The summed E-state index contributed by atoms with van der Waals surface area (Å²) in [6, 6.07) is 7.81. The predicted molar refractivity (Wildman–Crippen MR) is 83.8 cm³/mol. The Balaban J connectivity index is 1.70. The molecule has 122 valence electrons. The van der Waals surface area contributed by atoms with Crippen molar-refractivity contribution >= 4 is 11.6 Å². The number of carbonyl (C=O) groups excluding carboxylic acids is 1. The van der Waals surface area contributed by atoms with Crippen LogP contribution in [-0.2, 0) is 16.1 Å². The first kappa shape index (κ1) is 15.6. The molecule has 1 N–H and O–H groups in total. The van der Waals surface area contributed by atoms with Crippen LogP contribution in [0.1, 0.15) is 30.2 Å². The number of benzene rings is 1. The molecule has 1 aromatic heterocycles. The Labute approximate surface area is 134 Å². The molecule has 2 heterocycles. The molecule has 0 saturated carbocycles. The standard InChI is InChI=1S/C16H20N4O3/c1-11-17-16(23-19-11)15-10-22-8-7-20(15)9-13-3-5-14(6-4-13)18-12(2)21/h3-6,15H,7-10H2,1-2H3,(H,18,21). The van der Waals surface area contributed by atoms with Crippen LogP contribution in [0.3, 0.4) is 0 Å². The Morgan fingerprint density at radius 2 is 2.17 bits per heavy atom. The largest absolute Gasteiger partial charge is 0.378 e. The lowest BCUT2D eigenvalue weighted by Gasteiger charge is -2.33. The van der Waals surface area contributed by atoms with Crippen LogP contribution in [0.2, 0.25) is 0 Å². The predicted octanol–water partition coefficient (Wildman–Crippen LogP) is 1.91. The number of nitrogens with one attached hydrogen (secondary N) is 1. The van der Waals surface area contributed by atoms with Crippen molar-refractivity contribution in [1.29, 1.82) is 0 Å². The highest BCUT2D eigenvalue weighted by Crippen LogP contribution is 2.25. The first-order valence-electron chi connectivity index (χ1n) is 7.60. The van der Waals surface area contributed by atoms with Gasteiger partial charge < -0.3 is 14.6 Å². The highest BCUT2D eigenvalue weighted by atomic mass is 16.5. The molecular weight excluding hydrogens is 296 g/mol. The van der Waals surface area contributed by atoms with Gasteiger partial charge in [0.1, 0.15) is 6.04 Å². The van der Waals surface area contributed by atoms with Crippen LogP contribution in [0, 0.1) is 6.92 Å². The summed E-state index contributed by atoms with van der Waals surface area (Å²) < 4.78 is 10.9. The molecule has 0 radical (unpaired) electrons. The van der Waals surface area contributed by atoms with Gasteiger partial charge in [0.2, 0.25) is 11.8 Å². The molecule has 7 nitrogen and oxygen atoms in total. The Kier molecular flexibility index (Phi) is 4.68. The lowest BCUT2D eigenvalue weighted by Crippen LogP contribution is -2.39. The summed E-state index contributed by atoms with van der Waals surface area (Å²) in [5.41, 5.74) is 1.95. The number of rotatable bonds is 4. The number of nitrogens with zero attached hydrogens (tertiary/aromatic N) is 3. The van der Waals surface area contributed by atoms with Crippen LogP contribution < -0.4 is 5.32 Å². The Morgan fingerprint density at radius 1 is 1.39 bits per heavy atom. The Hall–Kier alpha value is -2.25. The number of hydrogen-bond acceptors (Lipinski definition) is 6. The molecule has 1 atom stereocenters. The van der Waals surface area contributed by atoms with Gasteiger partial charge in [-0.2, -0.15) is 4.98 Å². The fourth-order valence-electron chi connectivity index (χ4n) is 2.63. The van der Waals surface area contributed by atoms with Crippen LogP contribution in [-0.4, -0.2) is 40.7 Å². The molecule has 0 bridgehead atoms. The minimum atomic E-state index is -0.0715. The number of carbonyl (C=O) groups is 1. The summed E-state index contributed by atoms with van der Waals surface area (Å²) >= 11 is 0. The molecule has 1 aliphatic rings. The average Bonchev–Trinajstić information content (AvgIpc) is 2.96. The van der Waals surface area contributed by atoms with Gasteiger partial charge in [0.25, 0.3) is 0 Å². The number of aromatic nitrogens is 2. The third kappa shape index (κ3) is 3.94. The number of morpholine rings is 1. The van der Waals surface area contributed by atoms with Crippen molar-refractivity contribution in [3.05, 3.63) is 41.5 Å². The molecule has 7 heteroatoms. The van der Waals surface area contributed by atoms with E-state index in [0.717, 1.165) is 24.3 Å². The van der Waals surface area contributed by atoms with Crippen molar-refractivity contribution < 1.29 is 14.1 Å². The zero-order chi connectivity index (χ0) is 16.2. The highest BCUT2D eigenvalue weighted by molar-refractivity contribution is 5.88. The first-order valence-corrected chi connectivity index (χ1v) is 7.60. The van der Waals surface area contributed by atoms with Crippen LogP contribution in [0.5, 0.6) is 0 Å². The van der Waals surface area contributed by atoms with Gasteiger partial charge >= 0.3 is 0 Å². The summed E-state index contributed by atoms with van der Waals surface area (Å²) in [5, 5.41) is 6.63. The zero-order valence-corrected chi connectivity index (χ0v) is 13.3. The summed E-state index contributed by atoms with van der Waals surface area (Å²) in [4.78, 5) is 17.7. The lowest BCUT2D eigenvalue weighted by atomic mass is 10.1. The third-order valence-corrected chi connectivity index (χ3v) is 3.73. The van der Waals surface area contributed by atoms with E-state index in [1.807, 2.05) is 31.2 Å². The zero-order valence-electron chi connectivity index (χ0n) is 13.3. The minimum Gasteiger partial charge on any atom is -0.378 e. The molecule has 1 unspecified atom stereocenters. The van der Waals surface area contributed by atoms with Gasteiger partial charge in [-0.05, 0) is 24.6 Å². The molecule has 1 amide bonds. The number of hydrogen-bond donors (Lipinski definition) is 1. The van der Waals surface area contributed by atoms with Crippen LogP contribution in [0.25, 0.3) is 0 Å². The second-order valence-electron chi connectivity index (χ2n) is 5.62. The Morgan fingerprint density at radius 3 is 2.83 bits per heavy atom. The molecule has 1 aromatic carbocycles. The van der Waals surface area contributed by atoms with E-state index >= 15 is 0 Å². The van der Waals surface area contributed by atoms with Gasteiger partial charge in [-0.25, -0.2) is 0 Å². The first-order chi connectivity index (χ1) is 11.1. The molecule has 1 aliphatic heterocycles. The maximum atomic E-state index is 11.1. The normalized spacial score (nSPS) is 18.8. The molecule has 2 aromatic rings. The number of amides is 1. The van der Waals surface area contributed by atoms with E-state index < -0.39 is 0 Å². The van der Waals surface area contributed by atoms with Crippen LogP contribution in [0.4, 0.5) is 5.69 Å². The quantitative estimate of drug-likeness (QED) is 0.928. The van der Waals surface area contributed by atoms with Gasteiger partial charge in [-0.3, -0.25) is 9.69 Å². The fourth-order valence-corrected chi connectivity index (χ4v) is 2.63. The molecule has 0 aliphatic carbocycles. The van der Waals surface area contributed by atoms with Gasteiger partial charge in [-0.15, -0.1) is 0 Å². The van der Waals surface area contributed by atoms with Gasteiger partial charge in [-0.1, -0.05) is 17.3 Å². The second-order valence-corrected chi connectivity index (χ2v) is 5.62. The maximum absolute atomic E-state index is 11.1. The second kappa shape index (κ2) is 6.89. The monoisotopic (exact) mass is 316 g/mol. The molecule has 3 rings (SSSR count). The SMILES string of the molecule is CC(=O)Nc1ccc(CN2CCOCC2c2nc(C)no2)cc1. The van der Waals surface area contributed by atoms with Crippen LogP contribution >= 0.6 is 0 Å². The van der Waals surface area contributed by atoms with Crippen molar-refractivity contribution in [1.82, 2.24) is 15.0 Å². The van der Waals surface area contributed by atoms with Crippen molar-refractivity contribution in [3.63, 3.8) is 0 Å². The maximum Gasteiger partial charge on any atom is 0.246 e. The van der Waals surface area contributed by atoms with E-state index in [-0.39, 0.29) is 11.9 Å².